The van der Waals surface area contributed by atoms with Gasteiger partial charge in [-0.3, -0.25) is 10.1 Å². The van der Waals surface area contributed by atoms with E-state index >= 15 is 0 Å². The summed E-state index contributed by atoms with van der Waals surface area (Å²) in [5, 5.41) is 11.1. The molecular formula is C17H11ClN2O5. The van der Waals surface area contributed by atoms with Gasteiger partial charge >= 0.3 is 5.97 Å². The van der Waals surface area contributed by atoms with Crippen molar-refractivity contribution >= 4 is 35.2 Å². The Morgan fingerprint density at radius 2 is 2.04 bits per heavy atom. The minimum atomic E-state index is -0.677. The number of para-hydroxylation sites is 1. The van der Waals surface area contributed by atoms with Crippen molar-refractivity contribution in [3.05, 3.63) is 74.4 Å². The highest BCUT2D eigenvalue weighted by Crippen LogP contribution is 2.28. The summed E-state index contributed by atoms with van der Waals surface area (Å²) in [5.41, 5.74) is 0.683. The highest BCUT2D eigenvalue weighted by molar-refractivity contribution is 6.34. The Balaban J connectivity index is 2.02. The number of hydrogen-bond donors (Lipinski definition) is 0. The molecule has 25 heavy (non-hydrogen) atoms. The molecule has 1 heterocycles. The quantitative estimate of drug-likeness (QED) is 0.360. The van der Waals surface area contributed by atoms with Crippen molar-refractivity contribution in [1.82, 2.24) is 0 Å². The van der Waals surface area contributed by atoms with Gasteiger partial charge in [-0.05, 0) is 18.2 Å². The van der Waals surface area contributed by atoms with Crippen LogP contribution in [0, 0.1) is 10.1 Å². The molecule has 3 rings (SSSR count). The first-order valence-electron chi connectivity index (χ1n) is 7.09. The van der Waals surface area contributed by atoms with Gasteiger partial charge in [0.1, 0.15) is 5.75 Å². The molecule has 7 nitrogen and oxygen atoms in total. The zero-order valence-corrected chi connectivity index (χ0v) is 13.7. The van der Waals surface area contributed by atoms with Crippen molar-refractivity contribution in [1.29, 1.82) is 0 Å². The highest BCUT2D eigenvalue weighted by atomic mass is 35.5. The summed E-state index contributed by atoms with van der Waals surface area (Å²) in [7, 11) is 1.52. The van der Waals surface area contributed by atoms with E-state index in [-0.39, 0.29) is 27.9 Å². The summed E-state index contributed by atoms with van der Waals surface area (Å²) in [5.74, 6) is -0.192. The number of esters is 1. The molecule has 0 radical (unpaired) electrons. The number of methoxy groups -OCH3 is 1. The van der Waals surface area contributed by atoms with E-state index in [4.69, 9.17) is 21.1 Å². The monoisotopic (exact) mass is 358 g/mol. The maximum absolute atomic E-state index is 12.1. The van der Waals surface area contributed by atoms with Crippen molar-refractivity contribution < 1.29 is 19.2 Å². The first-order chi connectivity index (χ1) is 12.0. The predicted octanol–water partition coefficient (Wildman–Crippen LogP) is 3.60. The van der Waals surface area contributed by atoms with E-state index < -0.39 is 10.9 Å². The number of ether oxygens (including phenoxy) is 2. The fourth-order valence-corrected chi connectivity index (χ4v) is 2.45. The summed E-state index contributed by atoms with van der Waals surface area (Å²) in [6.45, 7) is 0. The Labute approximate surface area is 147 Å². The number of nitrogens with zero attached hydrogens (tertiary/aromatic N) is 2. The lowest BCUT2D eigenvalue weighted by atomic mass is 10.1. The molecule has 0 bridgehead atoms. The number of cyclic esters (lactones) is 1. The zero-order valence-electron chi connectivity index (χ0n) is 12.9. The number of hydrogen-bond acceptors (Lipinski definition) is 6. The Hall–Kier alpha value is -3.19. The maximum Gasteiger partial charge on any atom is 0.363 e. The highest BCUT2D eigenvalue weighted by Gasteiger charge is 2.27. The third kappa shape index (κ3) is 3.36. The molecule has 0 amide bonds. The van der Waals surface area contributed by atoms with Crippen molar-refractivity contribution in [3.63, 3.8) is 0 Å². The van der Waals surface area contributed by atoms with E-state index in [1.165, 1.54) is 31.4 Å². The molecule has 8 heteroatoms. The van der Waals surface area contributed by atoms with Crippen LogP contribution in [0.25, 0.3) is 6.08 Å². The molecule has 1 aliphatic heterocycles. The van der Waals surface area contributed by atoms with E-state index in [9.17, 15) is 14.9 Å². The van der Waals surface area contributed by atoms with Crippen molar-refractivity contribution in [2.75, 3.05) is 7.11 Å². The molecule has 0 aliphatic carbocycles. The largest absolute Gasteiger partial charge is 0.496 e. The standard InChI is InChI=1S/C17H11ClN2O5/c1-24-15-5-3-2-4-10(15)8-14-17(21)25-16(19-14)12-9-11(20(22)23)6-7-13(12)18/h2-9H,1H3. The normalized spacial score (nSPS) is 15.0. The Morgan fingerprint density at radius 3 is 2.76 bits per heavy atom. The minimum absolute atomic E-state index is 0.0436. The van der Waals surface area contributed by atoms with E-state index in [0.717, 1.165) is 0 Å². The van der Waals surface area contributed by atoms with E-state index in [1.807, 2.05) is 0 Å². The lowest BCUT2D eigenvalue weighted by Crippen LogP contribution is -2.06. The van der Waals surface area contributed by atoms with Crippen LogP contribution in [-0.4, -0.2) is 23.9 Å². The molecule has 0 N–H and O–H groups in total. The number of non-ortho nitro benzene ring substituents is 1. The first kappa shape index (κ1) is 16.7. The summed E-state index contributed by atoms with van der Waals surface area (Å²) < 4.78 is 10.3. The number of rotatable bonds is 4. The molecule has 126 valence electrons. The molecule has 0 atom stereocenters. The van der Waals surface area contributed by atoms with Gasteiger partial charge in [0.2, 0.25) is 5.90 Å². The molecule has 0 saturated heterocycles. The summed E-state index contributed by atoms with van der Waals surface area (Å²) in [6, 6.07) is 10.9. The fourth-order valence-electron chi connectivity index (χ4n) is 2.25. The summed E-state index contributed by atoms with van der Waals surface area (Å²) in [6.07, 6.45) is 1.51. The smallest absolute Gasteiger partial charge is 0.363 e. The second-order valence-corrected chi connectivity index (χ2v) is 5.41. The van der Waals surface area contributed by atoms with Crippen LogP contribution in [-0.2, 0) is 9.53 Å². The number of carbonyl (C=O) groups is 1. The maximum atomic E-state index is 12.1. The Morgan fingerprint density at radius 1 is 1.28 bits per heavy atom. The average Bonchev–Trinajstić information content (AvgIpc) is 2.96. The number of nitro groups is 1. The van der Waals surface area contributed by atoms with Crippen molar-refractivity contribution in [3.8, 4) is 5.75 Å². The van der Waals surface area contributed by atoms with Crippen LogP contribution in [0.5, 0.6) is 5.75 Å². The van der Waals surface area contributed by atoms with Gasteiger partial charge in [0.05, 0.1) is 22.6 Å². The first-order valence-corrected chi connectivity index (χ1v) is 7.47. The number of benzene rings is 2. The molecule has 0 unspecified atom stereocenters. The number of nitro benzene ring substituents is 1. The van der Waals surface area contributed by atoms with Crippen LogP contribution >= 0.6 is 11.6 Å². The third-order valence-electron chi connectivity index (χ3n) is 3.44. The van der Waals surface area contributed by atoms with Gasteiger partial charge in [0.15, 0.2) is 5.70 Å². The van der Waals surface area contributed by atoms with Gasteiger partial charge in [0, 0.05) is 17.7 Å². The molecule has 2 aromatic rings. The van der Waals surface area contributed by atoms with Crippen LogP contribution in [0.2, 0.25) is 5.02 Å². The average molecular weight is 359 g/mol. The van der Waals surface area contributed by atoms with Crippen LogP contribution < -0.4 is 4.74 Å². The fraction of sp³-hybridized carbons (Fsp3) is 0.0588. The molecule has 1 aliphatic rings. The van der Waals surface area contributed by atoms with Gasteiger partial charge in [-0.25, -0.2) is 9.79 Å². The lowest BCUT2D eigenvalue weighted by molar-refractivity contribution is -0.384. The van der Waals surface area contributed by atoms with Gasteiger partial charge in [0.25, 0.3) is 5.69 Å². The number of carbonyl (C=O) groups excluding carboxylic acids is 1. The second kappa shape index (κ2) is 6.74. The molecule has 2 aromatic carbocycles. The lowest BCUT2D eigenvalue weighted by Gasteiger charge is -2.03. The van der Waals surface area contributed by atoms with Crippen molar-refractivity contribution in [2.24, 2.45) is 4.99 Å². The molecule has 0 fully saturated rings. The minimum Gasteiger partial charge on any atom is -0.496 e. The number of halogens is 1. The molecule has 0 aromatic heterocycles. The van der Waals surface area contributed by atoms with E-state index in [2.05, 4.69) is 4.99 Å². The zero-order chi connectivity index (χ0) is 18.0. The van der Waals surface area contributed by atoms with Gasteiger partial charge in [-0.15, -0.1) is 0 Å². The van der Waals surface area contributed by atoms with Crippen molar-refractivity contribution in [2.45, 2.75) is 0 Å². The Kier molecular flexibility index (Phi) is 4.49. The third-order valence-corrected chi connectivity index (χ3v) is 3.77. The summed E-state index contributed by atoms with van der Waals surface area (Å²) in [4.78, 5) is 26.5. The van der Waals surface area contributed by atoms with Crippen LogP contribution in [0.1, 0.15) is 11.1 Å². The van der Waals surface area contributed by atoms with E-state index in [0.29, 0.717) is 11.3 Å². The van der Waals surface area contributed by atoms with Crippen LogP contribution in [0.3, 0.4) is 0 Å². The molecule has 0 saturated carbocycles. The van der Waals surface area contributed by atoms with Gasteiger partial charge < -0.3 is 9.47 Å². The van der Waals surface area contributed by atoms with Crippen LogP contribution in [0.15, 0.2) is 53.2 Å². The topological polar surface area (TPSA) is 91.0 Å². The summed E-state index contributed by atoms with van der Waals surface area (Å²) >= 11 is 6.05. The second-order valence-electron chi connectivity index (χ2n) is 5.00. The predicted molar refractivity (Wildman–Crippen MR) is 91.7 cm³/mol. The number of aliphatic imine (C=N–C) groups is 1. The molecule has 0 spiro atoms. The van der Waals surface area contributed by atoms with Crippen LogP contribution in [0.4, 0.5) is 5.69 Å². The Bertz CT molecular complexity index is 936. The van der Waals surface area contributed by atoms with Gasteiger partial charge in [-0.2, -0.15) is 0 Å². The van der Waals surface area contributed by atoms with Gasteiger partial charge in [-0.1, -0.05) is 29.8 Å². The SMILES string of the molecule is COc1ccccc1C=C1N=C(c2cc([N+](=O)[O-])ccc2Cl)OC1=O. The van der Waals surface area contributed by atoms with E-state index in [1.54, 1.807) is 24.3 Å². The molecular weight excluding hydrogens is 348 g/mol.